The van der Waals surface area contributed by atoms with Crippen molar-refractivity contribution in [3.05, 3.63) is 0 Å². The first kappa shape index (κ1) is 18.7. The van der Waals surface area contributed by atoms with E-state index >= 15 is 0 Å². The second kappa shape index (κ2) is 29.7. The predicted octanol–water partition coefficient (Wildman–Crippen LogP) is 4.36. The molecule has 0 aliphatic heterocycles. The minimum atomic E-state index is 0.861. The van der Waals surface area contributed by atoms with Gasteiger partial charge in [0.1, 0.15) is 0 Å². The third kappa shape index (κ3) is 75.7. The van der Waals surface area contributed by atoms with Crippen LogP contribution in [0.25, 0.3) is 0 Å². The van der Waals surface area contributed by atoms with Crippen molar-refractivity contribution in [1.82, 2.24) is 0 Å². The van der Waals surface area contributed by atoms with E-state index in [9.17, 15) is 0 Å². The lowest BCUT2D eigenvalue weighted by Gasteiger charge is -1.90. The van der Waals surface area contributed by atoms with Crippen molar-refractivity contribution < 1.29 is 0 Å². The van der Waals surface area contributed by atoms with Gasteiger partial charge in [-0.15, -0.1) is 0 Å². The molecule has 0 amide bonds. The van der Waals surface area contributed by atoms with E-state index in [1.165, 1.54) is 38.5 Å². The molecule has 0 aromatic heterocycles. The molecule has 1 nitrogen and oxygen atoms in total. The van der Waals surface area contributed by atoms with E-state index in [4.69, 9.17) is 5.73 Å². The van der Waals surface area contributed by atoms with Crippen LogP contribution in [0.3, 0.4) is 0 Å². The Morgan fingerprint density at radius 2 is 1.08 bits per heavy atom. The monoisotopic (exact) mass is 189 g/mol. The Labute approximate surface area is 86.1 Å². The molecule has 0 aromatic carbocycles. The van der Waals surface area contributed by atoms with Crippen molar-refractivity contribution in [1.29, 1.82) is 0 Å². The molecule has 0 aromatic rings. The molecule has 84 valence electrons. The maximum atomic E-state index is 5.27. The Balaban J connectivity index is -0.000000140. The summed E-state index contributed by atoms with van der Waals surface area (Å²) in [4.78, 5) is 0. The molecule has 0 saturated heterocycles. The molecule has 13 heavy (non-hydrogen) atoms. The Morgan fingerprint density at radius 3 is 1.31 bits per heavy atom. The zero-order chi connectivity index (χ0) is 10.9. The van der Waals surface area contributed by atoms with Gasteiger partial charge in [0.15, 0.2) is 0 Å². The maximum Gasteiger partial charge on any atom is -0.00773 e. The number of unbranched alkanes of at least 4 members (excludes halogenated alkanes) is 3. The van der Waals surface area contributed by atoms with Gasteiger partial charge in [-0.05, 0) is 13.0 Å². The summed E-state index contributed by atoms with van der Waals surface area (Å²) >= 11 is 0. The number of rotatable bonds is 4. The fourth-order valence-electron chi connectivity index (χ4n) is 0.571. The summed E-state index contributed by atoms with van der Waals surface area (Å²) in [6.07, 6.45) is 7.66. The lowest BCUT2D eigenvalue weighted by Crippen LogP contribution is -1.97. The Kier molecular flexibility index (Phi) is 42.6. The molecule has 0 radical (unpaired) electrons. The molecule has 0 rings (SSSR count). The molecule has 0 aliphatic carbocycles. The van der Waals surface area contributed by atoms with Crippen LogP contribution in [0.1, 0.15) is 73.1 Å². The lowest BCUT2D eigenvalue weighted by atomic mass is 10.2. The van der Waals surface area contributed by atoms with Gasteiger partial charge in [0.05, 0.1) is 0 Å². The van der Waals surface area contributed by atoms with Crippen LogP contribution in [0, 0.1) is 0 Å². The number of hydrogen-bond acceptors (Lipinski definition) is 1. The first-order valence-electron chi connectivity index (χ1n) is 5.94. The molecule has 0 aliphatic rings. The van der Waals surface area contributed by atoms with Gasteiger partial charge >= 0.3 is 0 Å². The number of hydrogen-bond donors (Lipinski definition) is 1. The molecule has 0 atom stereocenters. The van der Waals surface area contributed by atoms with Crippen molar-refractivity contribution in [3.8, 4) is 0 Å². The highest BCUT2D eigenvalue weighted by Gasteiger charge is 1.80. The van der Waals surface area contributed by atoms with Gasteiger partial charge < -0.3 is 5.73 Å². The zero-order valence-electron chi connectivity index (χ0n) is 10.5. The highest BCUT2D eigenvalue weighted by atomic mass is 14.5. The molecule has 0 spiro atoms. The van der Waals surface area contributed by atoms with Gasteiger partial charge in [0, 0.05) is 0 Å². The fourth-order valence-corrected chi connectivity index (χ4v) is 0.571. The number of nitrogens with two attached hydrogens (primary N) is 1. The summed E-state index contributed by atoms with van der Waals surface area (Å²) in [6.45, 7) is 11.6. The highest BCUT2D eigenvalue weighted by molar-refractivity contribution is 4.38. The molecule has 2 N–H and O–H groups in total. The van der Waals surface area contributed by atoms with Crippen molar-refractivity contribution in [2.24, 2.45) is 5.73 Å². The molecule has 1 heteroatoms. The molecule has 0 unspecified atom stereocenters. The van der Waals surface area contributed by atoms with Gasteiger partial charge in [-0.1, -0.05) is 66.7 Å². The largest absolute Gasteiger partial charge is 0.330 e. The van der Waals surface area contributed by atoms with Gasteiger partial charge in [-0.25, -0.2) is 0 Å². The van der Waals surface area contributed by atoms with Crippen molar-refractivity contribution in [2.75, 3.05) is 6.54 Å². The SMILES string of the molecule is CCC.CCC.CCCCCCN. The van der Waals surface area contributed by atoms with E-state index in [-0.39, 0.29) is 0 Å². The summed E-state index contributed by atoms with van der Waals surface area (Å²) < 4.78 is 0. The van der Waals surface area contributed by atoms with Crippen LogP contribution in [-0.2, 0) is 0 Å². The van der Waals surface area contributed by atoms with Crippen LogP contribution < -0.4 is 5.73 Å². The van der Waals surface area contributed by atoms with Crippen molar-refractivity contribution in [3.63, 3.8) is 0 Å². The van der Waals surface area contributed by atoms with Crippen molar-refractivity contribution in [2.45, 2.75) is 73.1 Å². The molecular formula is C12H31N. The van der Waals surface area contributed by atoms with Crippen LogP contribution in [0.15, 0.2) is 0 Å². The van der Waals surface area contributed by atoms with Crippen LogP contribution in [0.5, 0.6) is 0 Å². The Morgan fingerprint density at radius 1 is 0.692 bits per heavy atom. The van der Waals surface area contributed by atoms with E-state index in [1.807, 2.05) is 0 Å². The summed E-state index contributed by atoms with van der Waals surface area (Å²) in [6, 6.07) is 0. The first-order chi connectivity index (χ1) is 6.24. The van der Waals surface area contributed by atoms with Crippen LogP contribution in [0.2, 0.25) is 0 Å². The quantitative estimate of drug-likeness (QED) is 0.653. The third-order valence-corrected chi connectivity index (χ3v) is 1.06. The topological polar surface area (TPSA) is 26.0 Å². The van der Waals surface area contributed by atoms with Crippen LogP contribution in [0.4, 0.5) is 0 Å². The second-order valence-corrected chi connectivity index (χ2v) is 3.26. The normalized spacial score (nSPS) is 7.85. The summed E-state index contributed by atoms with van der Waals surface area (Å²) in [5, 5.41) is 0. The second-order valence-electron chi connectivity index (χ2n) is 3.26. The predicted molar refractivity (Wildman–Crippen MR) is 65.1 cm³/mol. The van der Waals surface area contributed by atoms with Crippen molar-refractivity contribution >= 4 is 0 Å². The van der Waals surface area contributed by atoms with Crippen LogP contribution in [-0.4, -0.2) is 6.54 Å². The molecule has 0 fully saturated rings. The Hall–Kier alpha value is -0.0400. The smallest absolute Gasteiger partial charge is 0.00773 e. The standard InChI is InChI=1S/C6H15N.2C3H8/c1-2-3-4-5-6-7;2*1-3-2/h2-7H2,1H3;2*3H2,1-2H3. The Bertz CT molecular complexity index is 38.4. The average Bonchev–Trinajstić information content (AvgIpc) is 2.08. The summed E-state index contributed by atoms with van der Waals surface area (Å²) in [7, 11) is 0. The van der Waals surface area contributed by atoms with Gasteiger partial charge in [-0.2, -0.15) is 0 Å². The summed E-state index contributed by atoms with van der Waals surface area (Å²) in [5.74, 6) is 0. The van der Waals surface area contributed by atoms with E-state index < -0.39 is 0 Å². The zero-order valence-corrected chi connectivity index (χ0v) is 10.5. The van der Waals surface area contributed by atoms with Gasteiger partial charge in [0.25, 0.3) is 0 Å². The fraction of sp³-hybridized carbons (Fsp3) is 1.00. The molecule has 0 saturated carbocycles. The van der Waals surface area contributed by atoms with E-state index in [1.54, 1.807) is 0 Å². The van der Waals surface area contributed by atoms with E-state index in [0.29, 0.717) is 0 Å². The van der Waals surface area contributed by atoms with E-state index in [2.05, 4.69) is 34.6 Å². The minimum absolute atomic E-state index is 0.861. The average molecular weight is 189 g/mol. The maximum absolute atomic E-state index is 5.27. The molecule has 0 heterocycles. The van der Waals surface area contributed by atoms with Gasteiger partial charge in [0.2, 0.25) is 0 Å². The molecular weight excluding hydrogens is 158 g/mol. The van der Waals surface area contributed by atoms with Crippen LogP contribution >= 0.6 is 0 Å². The minimum Gasteiger partial charge on any atom is -0.330 e. The lowest BCUT2D eigenvalue weighted by molar-refractivity contribution is 0.674. The molecule has 0 bridgehead atoms. The summed E-state index contributed by atoms with van der Waals surface area (Å²) in [5.41, 5.74) is 5.27. The third-order valence-electron chi connectivity index (χ3n) is 1.06. The van der Waals surface area contributed by atoms with E-state index in [0.717, 1.165) is 6.54 Å². The highest BCUT2D eigenvalue weighted by Crippen LogP contribution is 1.95. The van der Waals surface area contributed by atoms with Gasteiger partial charge in [-0.3, -0.25) is 0 Å². The first-order valence-corrected chi connectivity index (χ1v) is 5.94.